The maximum Gasteiger partial charge on any atom is 0.259 e. The predicted octanol–water partition coefficient (Wildman–Crippen LogP) is 3.58. The van der Waals surface area contributed by atoms with Crippen LogP contribution in [-0.4, -0.2) is 20.1 Å². The van der Waals surface area contributed by atoms with Crippen molar-refractivity contribution in [2.45, 2.75) is 0 Å². The Morgan fingerprint density at radius 1 is 1.16 bits per heavy atom. The largest absolute Gasteiger partial charge is 0.497 e. The number of nitrogens with zero attached hydrogens (tertiary/aromatic N) is 1. The number of amides is 1. The summed E-state index contributed by atoms with van der Waals surface area (Å²) in [5, 5.41) is 0. The lowest BCUT2D eigenvalue weighted by Crippen LogP contribution is -2.26. The van der Waals surface area contributed by atoms with E-state index in [1.54, 1.807) is 19.1 Å². The van der Waals surface area contributed by atoms with Gasteiger partial charge in [-0.3, -0.25) is 4.79 Å². The quantitative estimate of drug-likeness (QED) is 0.777. The Hall–Kier alpha value is -1.56. The Balaban J connectivity index is 2.31. The lowest BCUT2D eigenvalue weighted by molar-refractivity contribution is 0.0992. The SMILES string of the molecule is COc1cccc(N(C)C(=O)c2ccccc2I)c1. The summed E-state index contributed by atoms with van der Waals surface area (Å²) in [5.41, 5.74) is 1.51. The molecule has 0 aliphatic heterocycles. The summed E-state index contributed by atoms with van der Waals surface area (Å²) in [7, 11) is 3.38. The van der Waals surface area contributed by atoms with E-state index in [4.69, 9.17) is 4.74 Å². The molecule has 0 saturated heterocycles. The third kappa shape index (κ3) is 3.07. The molecule has 0 aliphatic rings. The van der Waals surface area contributed by atoms with E-state index in [1.165, 1.54) is 0 Å². The highest BCUT2D eigenvalue weighted by atomic mass is 127. The molecule has 0 spiro atoms. The summed E-state index contributed by atoms with van der Waals surface area (Å²) < 4.78 is 6.12. The molecule has 0 saturated carbocycles. The van der Waals surface area contributed by atoms with Gasteiger partial charge in [0.2, 0.25) is 0 Å². The predicted molar refractivity (Wildman–Crippen MR) is 84.9 cm³/mol. The second kappa shape index (κ2) is 6.06. The van der Waals surface area contributed by atoms with Gasteiger partial charge in [-0.15, -0.1) is 0 Å². The first-order valence-corrected chi connectivity index (χ1v) is 6.88. The molecule has 0 atom stereocenters. The number of hydrogen-bond acceptors (Lipinski definition) is 2. The molecule has 0 N–H and O–H groups in total. The van der Waals surface area contributed by atoms with Crippen molar-refractivity contribution in [1.82, 2.24) is 0 Å². The summed E-state index contributed by atoms with van der Waals surface area (Å²) in [6.07, 6.45) is 0. The van der Waals surface area contributed by atoms with Crippen LogP contribution in [0.3, 0.4) is 0 Å². The molecule has 19 heavy (non-hydrogen) atoms. The topological polar surface area (TPSA) is 29.5 Å². The molecule has 0 unspecified atom stereocenters. The molecule has 2 rings (SSSR count). The molecule has 2 aromatic carbocycles. The van der Waals surface area contributed by atoms with E-state index in [2.05, 4.69) is 22.6 Å². The number of anilines is 1. The molecule has 0 heterocycles. The molecule has 2 aromatic rings. The minimum absolute atomic E-state index is 0.0294. The van der Waals surface area contributed by atoms with Gasteiger partial charge in [0.25, 0.3) is 5.91 Å². The van der Waals surface area contributed by atoms with Crippen molar-refractivity contribution in [1.29, 1.82) is 0 Å². The minimum Gasteiger partial charge on any atom is -0.497 e. The fourth-order valence-electron chi connectivity index (χ4n) is 1.75. The highest BCUT2D eigenvalue weighted by molar-refractivity contribution is 14.1. The van der Waals surface area contributed by atoms with Crippen LogP contribution in [-0.2, 0) is 0 Å². The number of hydrogen-bond donors (Lipinski definition) is 0. The lowest BCUT2D eigenvalue weighted by atomic mass is 10.2. The van der Waals surface area contributed by atoms with Crippen molar-refractivity contribution in [3.8, 4) is 5.75 Å². The Bertz CT molecular complexity index is 598. The van der Waals surface area contributed by atoms with E-state index in [1.807, 2.05) is 48.5 Å². The summed E-state index contributed by atoms with van der Waals surface area (Å²) in [6, 6.07) is 15.0. The van der Waals surface area contributed by atoms with Crippen LogP contribution >= 0.6 is 22.6 Å². The Kier molecular flexibility index (Phi) is 4.42. The summed E-state index contributed by atoms with van der Waals surface area (Å²) in [5.74, 6) is 0.707. The van der Waals surface area contributed by atoms with E-state index < -0.39 is 0 Å². The smallest absolute Gasteiger partial charge is 0.259 e. The van der Waals surface area contributed by atoms with Gasteiger partial charge >= 0.3 is 0 Å². The number of halogens is 1. The number of benzene rings is 2. The number of methoxy groups -OCH3 is 1. The zero-order valence-corrected chi connectivity index (χ0v) is 12.9. The fraction of sp³-hybridized carbons (Fsp3) is 0.133. The maximum atomic E-state index is 12.4. The second-order valence-corrected chi connectivity index (χ2v) is 5.21. The number of rotatable bonds is 3. The highest BCUT2D eigenvalue weighted by Gasteiger charge is 2.16. The van der Waals surface area contributed by atoms with Crippen molar-refractivity contribution in [2.75, 3.05) is 19.1 Å². The van der Waals surface area contributed by atoms with Crippen molar-refractivity contribution >= 4 is 34.2 Å². The Morgan fingerprint density at radius 3 is 2.58 bits per heavy atom. The van der Waals surface area contributed by atoms with E-state index in [-0.39, 0.29) is 5.91 Å². The van der Waals surface area contributed by atoms with Gasteiger partial charge < -0.3 is 9.64 Å². The molecule has 0 fully saturated rings. The first-order valence-electron chi connectivity index (χ1n) is 5.80. The van der Waals surface area contributed by atoms with E-state index in [0.29, 0.717) is 5.56 Å². The molecular weight excluding hydrogens is 353 g/mol. The van der Waals surface area contributed by atoms with Crippen molar-refractivity contribution in [3.05, 3.63) is 57.7 Å². The van der Waals surface area contributed by atoms with Gasteiger partial charge in [0, 0.05) is 22.4 Å². The van der Waals surface area contributed by atoms with E-state index in [0.717, 1.165) is 15.0 Å². The zero-order chi connectivity index (χ0) is 13.8. The molecule has 4 heteroatoms. The summed E-state index contributed by atoms with van der Waals surface area (Å²) in [6.45, 7) is 0. The highest BCUT2D eigenvalue weighted by Crippen LogP contribution is 2.22. The van der Waals surface area contributed by atoms with Crippen LogP contribution in [0, 0.1) is 3.57 Å². The van der Waals surface area contributed by atoms with Crippen molar-refractivity contribution in [3.63, 3.8) is 0 Å². The number of carbonyl (C=O) groups excluding carboxylic acids is 1. The normalized spacial score (nSPS) is 10.1. The average molecular weight is 367 g/mol. The van der Waals surface area contributed by atoms with Crippen LogP contribution in [0.25, 0.3) is 0 Å². The van der Waals surface area contributed by atoms with Crippen LogP contribution in [0.4, 0.5) is 5.69 Å². The Morgan fingerprint density at radius 2 is 1.89 bits per heavy atom. The molecule has 0 aliphatic carbocycles. The zero-order valence-electron chi connectivity index (χ0n) is 10.8. The van der Waals surface area contributed by atoms with Crippen LogP contribution in [0.15, 0.2) is 48.5 Å². The fourth-order valence-corrected chi connectivity index (χ4v) is 2.37. The average Bonchev–Trinajstić information content (AvgIpc) is 2.46. The van der Waals surface area contributed by atoms with Crippen LogP contribution in [0.1, 0.15) is 10.4 Å². The molecule has 0 bridgehead atoms. The molecule has 98 valence electrons. The molecular formula is C15H14INO2. The van der Waals surface area contributed by atoms with Gasteiger partial charge in [-0.2, -0.15) is 0 Å². The lowest BCUT2D eigenvalue weighted by Gasteiger charge is -2.18. The van der Waals surface area contributed by atoms with E-state index >= 15 is 0 Å². The van der Waals surface area contributed by atoms with Gasteiger partial charge in [0.1, 0.15) is 5.75 Å². The maximum absolute atomic E-state index is 12.4. The van der Waals surface area contributed by atoms with Crippen molar-refractivity contribution < 1.29 is 9.53 Å². The van der Waals surface area contributed by atoms with Gasteiger partial charge in [0.05, 0.1) is 12.7 Å². The van der Waals surface area contributed by atoms with Gasteiger partial charge in [-0.25, -0.2) is 0 Å². The van der Waals surface area contributed by atoms with Gasteiger partial charge in [-0.05, 0) is 46.9 Å². The monoisotopic (exact) mass is 367 g/mol. The van der Waals surface area contributed by atoms with Crippen LogP contribution in [0.2, 0.25) is 0 Å². The second-order valence-electron chi connectivity index (χ2n) is 4.05. The molecule has 0 radical (unpaired) electrons. The van der Waals surface area contributed by atoms with Crippen LogP contribution in [0.5, 0.6) is 5.75 Å². The number of carbonyl (C=O) groups is 1. The molecule has 1 amide bonds. The van der Waals surface area contributed by atoms with Crippen molar-refractivity contribution in [2.24, 2.45) is 0 Å². The van der Waals surface area contributed by atoms with Gasteiger partial charge in [-0.1, -0.05) is 18.2 Å². The number of ether oxygens (including phenoxy) is 1. The summed E-state index contributed by atoms with van der Waals surface area (Å²) in [4.78, 5) is 14.1. The minimum atomic E-state index is -0.0294. The Labute approximate surface area is 126 Å². The summed E-state index contributed by atoms with van der Waals surface area (Å²) >= 11 is 2.17. The first-order chi connectivity index (χ1) is 9.13. The van der Waals surface area contributed by atoms with E-state index in [9.17, 15) is 4.79 Å². The van der Waals surface area contributed by atoms with Crippen LogP contribution < -0.4 is 9.64 Å². The standard InChI is InChI=1S/C15H14INO2/c1-17(11-6-5-7-12(10-11)19-2)15(18)13-8-3-4-9-14(13)16/h3-10H,1-2H3. The third-order valence-corrected chi connectivity index (χ3v) is 3.79. The molecule has 3 nitrogen and oxygen atoms in total. The van der Waals surface area contributed by atoms with Gasteiger partial charge in [0.15, 0.2) is 0 Å². The molecule has 0 aromatic heterocycles. The third-order valence-electron chi connectivity index (χ3n) is 2.85. The first kappa shape index (κ1) is 13.9.